The van der Waals surface area contributed by atoms with Gasteiger partial charge < -0.3 is 9.88 Å². The molecule has 1 aromatic heterocycles. The second kappa shape index (κ2) is 4.83. The normalized spacial score (nSPS) is 16.0. The summed E-state index contributed by atoms with van der Waals surface area (Å²) in [7, 11) is 0. The highest BCUT2D eigenvalue weighted by Gasteiger charge is 2.26. The van der Waals surface area contributed by atoms with Crippen LogP contribution in [0.3, 0.4) is 0 Å². The van der Waals surface area contributed by atoms with Gasteiger partial charge in [0.05, 0.1) is 17.4 Å². The molecule has 1 unspecified atom stereocenters. The maximum atomic E-state index is 6.39. The highest BCUT2D eigenvalue weighted by atomic mass is 35.5. The van der Waals surface area contributed by atoms with E-state index in [1.165, 1.54) is 0 Å². The first-order valence-corrected chi connectivity index (χ1v) is 7.48. The van der Waals surface area contributed by atoms with Crippen molar-refractivity contribution in [2.75, 3.05) is 5.32 Å². The summed E-state index contributed by atoms with van der Waals surface area (Å²) in [6, 6.07) is 18.1. The van der Waals surface area contributed by atoms with E-state index in [1.54, 1.807) is 6.07 Å². The second-order valence-electron chi connectivity index (χ2n) is 5.06. The molecule has 4 heteroatoms. The molecule has 0 radical (unpaired) electrons. The van der Waals surface area contributed by atoms with E-state index in [0.717, 1.165) is 22.6 Å². The summed E-state index contributed by atoms with van der Waals surface area (Å²) in [6.07, 6.45) is 2.08. The van der Waals surface area contributed by atoms with Gasteiger partial charge in [-0.2, -0.15) is 0 Å². The first-order valence-electron chi connectivity index (χ1n) is 6.72. The van der Waals surface area contributed by atoms with Gasteiger partial charge in [0.2, 0.25) is 0 Å². The van der Waals surface area contributed by atoms with Crippen molar-refractivity contribution in [1.29, 1.82) is 0 Å². The number of nitrogens with zero attached hydrogens (tertiary/aromatic N) is 1. The van der Waals surface area contributed by atoms with Crippen molar-refractivity contribution in [3.05, 3.63) is 82.1 Å². The third kappa shape index (κ3) is 2.03. The molecule has 2 heterocycles. The van der Waals surface area contributed by atoms with Gasteiger partial charge in [-0.1, -0.05) is 41.4 Å². The fourth-order valence-corrected chi connectivity index (χ4v) is 3.37. The molecule has 0 spiro atoms. The molecule has 0 amide bonds. The average Bonchev–Trinajstić information content (AvgIpc) is 2.96. The van der Waals surface area contributed by atoms with Crippen molar-refractivity contribution >= 4 is 28.9 Å². The van der Waals surface area contributed by atoms with E-state index in [0.29, 0.717) is 10.0 Å². The number of anilines is 1. The summed E-state index contributed by atoms with van der Waals surface area (Å²) in [5, 5.41) is 4.89. The SMILES string of the molecule is Clc1ccc(C2Nc3ccccc3-n3cccc32)c(Cl)c1. The van der Waals surface area contributed by atoms with Crippen molar-refractivity contribution in [1.82, 2.24) is 4.57 Å². The Labute approximate surface area is 132 Å². The van der Waals surface area contributed by atoms with Crippen LogP contribution in [0.25, 0.3) is 5.69 Å². The van der Waals surface area contributed by atoms with Gasteiger partial charge in [0, 0.05) is 21.9 Å². The third-order valence-electron chi connectivity index (χ3n) is 3.81. The standard InChI is InChI=1S/C17H12Cl2N2/c18-11-7-8-12(13(19)10-11)17-16-6-3-9-21(16)15-5-2-1-4-14(15)20-17/h1-10,17,20H. The zero-order valence-corrected chi connectivity index (χ0v) is 12.6. The molecule has 1 aliphatic heterocycles. The summed E-state index contributed by atoms with van der Waals surface area (Å²) in [5.41, 5.74) is 4.43. The van der Waals surface area contributed by atoms with Crippen molar-refractivity contribution < 1.29 is 0 Å². The van der Waals surface area contributed by atoms with E-state index < -0.39 is 0 Å². The number of nitrogens with one attached hydrogen (secondary N) is 1. The first-order chi connectivity index (χ1) is 10.2. The largest absolute Gasteiger partial charge is 0.371 e. The van der Waals surface area contributed by atoms with Gasteiger partial charge in [-0.05, 0) is 42.0 Å². The number of rotatable bonds is 1. The molecule has 3 aromatic rings. The molecule has 21 heavy (non-hydrogen) atoms. The summed E-state index contributed by atoms with van der Waals surface area (Å²) in [6.45, 7) is 0. The van der Waals surface area contributed by atoms with Crippen LogP contribution in [0.4, 0.5) is 5.69 Å². The van der Waals surface area contributed by atoms with Crippen LogP contribution in [0.15, 0.2) is 60.8 Å². The zero-order chi connectivity index (χ0) is 14.4. The van der Waals surface area contributed by atoms with Crippen LogP contribution >= 0.6 is 23.2 Å². The van der Waals surface area contributed by atoms with Gasteiger partial charge in [-0.15, -0.1) is 0 Å². The molecule has 0 saturated heterocycles. The molecule has 1 atom stereocenters. The lowest BCUT2D eigenvalue weighted by atomic mass is 10.0. The van der Waals surface area contributed by atoms with Crippen molar-refractivity contribution in [2.24, 2.45) is 0 Å². The summed E-state index contributed by atoms with van der Waals surface area (Å²) in [4.78, 5) is 0. The van der Waals surface area contributed by atoms with E-state index in [-0.39, 0.29) is 6.04 Å². The predicted octanol–water partition coefficient (Wildman–Crippen LogP) is 5.30. The molecule has 0 fully saturated rings. The van der Waals surface area contributed by atoms with E-state index >= 15 is 0 Å². The van der Waals surface area contributed by atoms with Crippen LogP contribution in [0.5, 0.6) is 0 Å². The average molecular weight is 315 g/mol. The topological polar surface area (TPSA) is 17.0 Å². The smallest absolute Gasteiger partial charge is 0.0938 e. The van der Waals surface area contributed by atoms with Crippen LogP contribution in [0.2, 0.25) is 10.0 Å². The van der Waals surface area contributed by atoms with Crippen LogP contribution in [0.1, 0.15) is 17.3 Å². The molecular weight excluding hydrogens is 303 g/mol. The van der Waals surface area contributed by atoms with Gasteiger partial charge in [0.15, 0.2) is 0 Å². The Bertz CT molecular complexity index is 823. The lowest BCUT2D eigenvalue weighted by Gasteiger charge is -2.30. The molecule has 0 bridgehead atoms. The van der Waals surface area contributed by atoms with Gasteiger partial charge in [0.1, 0.15) is 0 Å². The fraction of sp³-hybridized carbons (Fsp3) is 0.0588. The van der Waals surface area contributed by atoms with E-state index in [1.807, 2.05) is 24.3 Å². The maximum absolute atomic E-state index is 6.39. The summed E-state index contributed by atoms with van der Waals surface area (Å²) >= 11 is 12.4. The quantitative estimate of drug-likeness (QED) is 0.645. The number of fused-ring (bicyclic) bond motifs is 3. The molecule has 1 aliphatic rings. The number of halogens is 2. The Balaban J connectivity index is 1.90. The number of para-hydroxylation sites is 2. The lowest BCUT2D eigenvalue weighted by Crippen LogP contribution is -2.22. The molecular formula is C17H12Cl2N2. The highest BCUT2D eigenvalue weighted by Crippen LogP contribution is 2.39. The van der Waals surface area contributed by atoms with Gasteiger partial charge in [0.25, 0.3) is 0 Å². The molecule has 2 nitrogen and oxygen atoms in total. The van der Waals surface area contributed by atoms with Crippen LogP contribution in [0, 0.1) is 0 Å². The van der Waals surface area contributed by atoms with Gasteiger partial charge in [-0.25, -0.2) is 0 Å². The number of hydrogen-bond donors (Lipinski definition) is 1. The van der Waals surface area contributed by atoms with Crippen molar-refractivity contribution in [3.8, 4) is 5.69 Å². The van der Waals surface area contributed by atoms with Gasteiger partial charge >= 0.3 is 0 Å². The zero-order valence-electron chi connectivity index (χ0n) is 11.1. The fourth-order valence-electron chi connectivity index (χ4n) is 2.86. The van der Waals surface area contributed by atoms with E-state index in [2.05, 4.69) is 40.3 Å². The van der Waals surface area contributed by atoms with Crippen molar-refractivity contribution in [3.63, 3.8) is 0 Å². The van der Waals surface area contributed by atoms with E-state index in [9.17, 15) is 0 Å². The minimum Gasteiger partial charge on any atom is -0.371 e. The maximum Gasteiger partial charge on any atom is 0.0938 e. The molecule has 104 valence electrons. The van der Waals surface area contributed by atoms with Gasteiger partial charge in [-0.3, -0.25) is 0 Å². The molecule has 0 aliphatic carbocycles. The first kappa shape index (κ1) is 12.8. The molecule has 4 rings (SSSR count). The Morgan fingerprint density at radius 1 is 0.952 bits per heavy atom. The third-order valence-corrected chi connectivity index (χ3v) is 4.38. The number of aromatic nitrogens is 1. The monoisotopic (exact) mass is 314 g/mol. The molecule has 0 saturated carbocycles. The lowest BCUT2D eigenvalue weighted by molar-refractivity contribution is 0.810. The summed E-state index contributed by atoms with van der Waals surface area (Å²) in [5.74, 6) is 0. The Morgan fingerprint density at radius 2 is 1.81 bits per heavy atom. The number of benzene rings is 2. The molecule has 1 N–H and O–H groups in total. The van der Waals surface area contributed by atoms with Crippen molar-refractivity contribution in [2.45, 2.75) is 6.04 Å². The predicted molar refractivity (Wildman–Crippen MR) is 87.7 cm³/mol. The van der Waals surface area contributed by atoms with Crippen LogP contribution in [-0.2, 0) is 0 Å². The molecule has 2 aromatic carbocycles. The Morgan fingerprint density at radius 3 is 2.67 bits per heavy atom. The number of hydrogen-bond acceptors (Lipinski definition) is 1. The van der Waals surface area contributed by atoms with E-state index in [4.69, 9.17) is 23.2 Å². The minimum absolute atomic E-state index is 0.0136. The second-order valence-corrected chi connectivity index (χ2v) is 5.91. The van der Waals surface area contributed by atoms with Crippen LogP contribution < -0.4 is 5.32 Å². The Kier molecular flexibility index (Phi) is 2.95. The highest BCUT2D eigenvalue weighted by molar-refractivity contribution is 6.35. The van der Waals surface area contributed by atoms with Crippen LogP contribution in [-0.4, -0.2) is 4.57 Å². The minimum atomic E-state index is 0.0136. The Hall–Kier alpha value is -1.90. The summed E-state index contributed by atoms with van der Waals surface area (Å²) < 4.78 is 2.20.